The maximum absolute atomic E-state index is 10.9. The first-order valence-electron chi connectivity index (χ1n) is 6.68. The summed E-state index contributed by atoms with van der Waals surface area (Å²) in [4.78, 5) is 18.5. The molecule has 0 amide bonds. The fraction of sp³-hybridized carbons (Fsp3) is 0.333. The molecule has 5 heteroatoms. The first-order valence-corrected chi connectivity index (χ1v) is 7.50. The largest absolute Gasteiger partial charge is 0.481 e. The summed E-state index contributed by atoms with van der Waals surface area (Å²) in [6.07, 6.45) is 2.25. The second kappa shape index (κ2) is 5.25. The summed E-state index contributed by atoms with van der Waals surface area (Å²) in [7, 11) is 0. The molecule has 0 aliphatic carbocycles. The molecule has 1 aromatic heterocycles. The summed E-state index contributed by atoms with van der Waals surface area (Å²) in [6, 6.07) is 8.36. The molecule has 0 unspecified atom stereocenters. The molecular weight excluding hydrogens is 272 g/mol. The lowest BCUT2D eigenvalue weighted by atomic mass is 10.0. The zero-order chi connectivity index (χ0) is 14.1. The second-order valence-electron chi connectivity index (χ2n) is 4.96. The fourth-order valence-corrected chi connectivity index (χ4v) is 3.65. The predicted molar refractivity (Wildman–Crippen MR) is 80.0 cm³/mol. The number of aromatic nitrogens is 1. The highest BCUT2D eigenvalue weighted by molar-refractivity contribution is 7.15. The van der Waals surface area contributed by atoms with Gasteiger partial charge in [0.1, 0.15) is 0 Å². The van der Waals surface area contributed by atoms with E-state index in [1.54, 1.807) is 0 Å². The summed E-state index contributed by atoms with van der Waals surface area (Å²) in [5.74, 6) is -0.803. The van der Waals surface area contributed by atoms with Gasteiger partial charge in [-0.15, -0.1) is 11.3 Å². The van der Waals surface area contributed by atoms with E-state index in [-0.39, 0.29) is 6.42 Å². The van der Waals surface area contributed by atoms with E-state index < -0.39 is 5.97 Å². The van der Waals surface area contributed by atoms with Crippen LogP contribution in [0.5, 0.6) is 0 Å². The van der Waals surface area contributed by atoms with E-state index >= 15 is 0 Å². The monoisotopic (exact) mass is 288 g/mol. The molecule has 104 valence electrons. The first-order chi connectivity index (χ1) is 9.65. The number of nitrogens with zero attached hydrogens (tertiary/aromatic N) is 2. The quantitative estimate of drug-likeness (QED) is 0.942. The zero-order valence-corrected chi connectivity index (χ0v) is 12.1. The Labute approximate surface area is 121 Å². The lowest BCUT2D eigenvalue weighted by molar-refractivity contribution is -0.136. The van der Waals surface area contributed by atoms with E-state index in [4.69, 9.17) is 5.11 Å². The number of hydrogen-bond acceptors (Lipinski definition) is 4. The van der Waals surface area contributed by atoms with Crippen LogP contribution in [0.15, 0.2) is 24.3 Å². The van der Waals surface area contributed by atoms with Crippen LogP contribution >= 0.6 is 11.3 Å². The van der Waals surface area contributed by atoms with Crippen molar-refractivity contribution in [3.05, 3.63) is 40.4 Å². The van der Waals surface area contributed by atoms with Crippen LogP contribution < -0.4 is 4.90 Å². The number of fused-ring (bicyclic) bond motifs is 1. The van der Waals surface area contributed by atoms with Crippen molar-refractivity contribution in [2.45, 2.75) is 26.2 Å². The van der Waals surface area contributed by atoms with Crippen LogP contribution in [0.3, 0.4) is 0 Å². The van der Waals surface area contributed by atoms with Gasteiger partial charge in [-0.2, -0.15) is 0 Å². The van der Waals surface area contributed by atoms with Crippen molar-refractivity contribution in [2.75, 3.05) is 11.4 Å². The molecule has 20 heavy (non-hydrogen) atoms. The third-order valence-electron chi connectivity index (χ3n) is 3.53. The van der Waals surface area contributed by atoms with Crippen molar-refractivity contribution in [3.63, 3.8) is 0 Å². The van der Waals surface area contributed by atoms with Gasteiger partial charge in [0, 0.05) is 17.1 Å². The zero-order valence-electron chi connectivity index (χ0n) is 11.3. The fourth-order valence-electron chi connectivity index (χ4n) is 2.56. The average Bonchev–Trinajstić information content (AvgIpc) is 2.78. The van der Waals surface area contributed by atoms with Gasteiger partial charge in [-0.1, -0.05) is 18.2 Å². The average molecular weight is 288 g/mol. The number of aliphatic carboxylic acids is 1. The Hall–Kier alpha value is -1.88. The van der Waals surface area contributed by atoms with E-state index in [2.05, 4.69) is 28.1 Å². The van der Waals surface area contributed by atoms with Crippen molar-refractivity contribution in [1.29, 1.82) is 0 Å². The first kappa shape index (κ1) is 13.1. The molecule has 0 radical (unpaired) electrons. The van der Waals surface area contributed by atoms with Gasteiger partial charge in [0.2, 0.25) is 0 Å². The number of carboxylic acid groups (broad SMARTS) is 1. The molecule has 0 fully saturated rings. The number of thiazole rings is 1. The van der Waals surface area contributed by atoms with Gasteiger partial charge in [-0.3, -0.25) is 4.79 Å². The van der Waals surface area contributed by atoms with Crippen LogP contribution in [-0.4, -0.2) is 22.6 Å². The molecule has 2 aromatic rings. The highest BCUT2D eigenvalue weighted by Crippen LogP contribution is 2.36. The van der Waals surface area contributed by atoms with Crippen LogP contribution in [0.25, 0.3) is 0 Å². The molecule has 0 saturated carbocycles. The molecule has 3 rings (SSSR count). The van der Waals surface area contributed by atoms with Gasteiger partial charge in [0.05, 0.1) is 12.1 Å². The third-order valence-corrected chi connectivity index (χ3v) is 4.71. The number of para-hydroxylation sites is 1. The van der Waals surface area contributed by atoms with Crippen LogP contribution in [0.1, 0.15) is 22.6 Å². The number of benzene rings is 1. The maximum Gasteiger partial charge on any atom is 0.308 e. The second-order valence-corrected chi connectivity index (χ2v) is 6.02. The summed E-state index contributed by atoms with van der Waals surface area (Å²) in [5.41, 5.74) is 3.37. The van der Waals surface area contributed by atoms with Gasteiger partial charge in [-0.05, 0) is 31.4 Å². The molecular formula is C15H16N2O2S. The minimum atomic E-state index is -0.803. The van der Waals surface area contributed by atoms with Crippen molar-refractivity contribution in [3.8, 4) is 0 Å². The smallest absolute Gasteiger partial charge is 0.308 e. The number of anilines is 2. The van der Waals surface area contributed by atoms with E-state index in [9.17, 15) is 4.79 Å². The Morgan fingerprint density at radius 2 is 2.25 bits per heavy atom. The van der Waals surface area contributed by atoms with Crippen LogP contribution in [-0.2, 0) is 17.6 Å². The highest BCUT2D eigenvalue weighted by Gasteiger charge is 2.21. The van der Waals surface area contributed by atoms with Gasteiger partial charge in [0.15, 0.2) is 5.13 Å². The maximum atomic E-state index is 10.9. The van der Waals surface area contributed by atoms with Crippen molar-refractivity contribution in [2.24, 2.45) is 0 Å². The number of carbonyl (C=O) groups is 1. The number of rotatable bonds is 3. The molecule has 1 aliphatic rings. The van der Waals surface area contributed by atoms with Gasteiger partial charge >= 0.3 is 5.97 Å². The van der Waals surface area contributed by atoms with E-state index in [0.29, 0.717) is 0 Å². The summed E-state index contributed by atoms with van der Waals surface area (Å²) in [5, 5.41) is 9.84. The van der Waals surface area contributed by atoms with Crippen molar-refractivity contribution < 1.29 is 9.90 Å². The molecule has 2 heterocycles. The van der Waals surface area contributed by atoms with Gasteiger partial charge in [-0.25, -0.2) is 4.98 Å². The Morgan fingerprint density at radius 1 is 1.45 bits per heavy atom. The van der Waals surface area contributed by atoms with Crippen LogP contribution in [0.4, 0.5) is 10.8 Å². The SMILES string of the molecule is Cc1nc(N2CCCc3ccccc32)sc1CC(=O)O. The summed E-state index contributed by atoms with van der Waals surface area (Å²) < 4.78 is 0. The van der Waals surface area contributed by atoms with Crippen molar-refractivity contribution >= 4 is 28.1 Å². The number of carboxylic acids is 1. The molecule has 0 bridgehead atoms. The topological polar surface area (TPSA) is 53.4 Å². The van der Waals surface area contributed by atoms with Crippen LogP contribution in [0, 0.1) is 6.92 Å². The Morgan fingerprint density at radius 3 is 3.05 bits per heavy atom. The van der Waals surface area contributed by atoms with E-state index in [1.165, 1.54) is 22.6 Å². The number of hydrogen-bond donors (Lipinski definition) is 1. The highest BCUT2D eigenvalue weighted by atomic mass is 32.1. The van der Waals surface area contributed by atoms with E-state index in [0.717, 1.165) is 35.1 Å². The molecule has 0 spiro atoms. The third kappa shape index (κ3) is 2.41. The Balaban J connectivity index is 1.96. The lowest BCUT2D eigenvalue weighted by Gasteiger charge is -2.28. The van der Waals surface area contributed by atoms with E-state index in [1.807, 2.05) is 13.0 Å². The lowest BCUT2D eigenvalue weighted by Crippen LogP contribution is -2.24. The molecule has 1 aromatic carbocycles. The molecule has 1 N–H and O–H groups in total. The van der Waals surface area contributed by atoms with Crippen molar-refractivity contribution in [1.82, 2.24) is 4.98 Å². The standard InChI is InChI=1S/C15H16N2O2S/c1-10-13(9-14(18)19)20-15(16-10)17-8-4-6-11-5-2-3-7-12(11)17/h2-3,5,7H,4,6,8-9H2,1H3,(H,18,19). The molecule has 0 saturated heterocycles. The molecule has 1 aliphatic heterocycles. The Kier molecular flexibility index (Phi) is 3.44. The minimum absolute atomic E-state index is 0.0546. The summed E-state index contributed by atoms with van der Waals surface area (Å²) in [6.45, 7) is 2.82. The molecule has 0 atom stereocenters. The van der Waals surface area contributed by atoms with Crippen LogP contribution in [0.2, 0.25) is 0 Å². The van der Waals surface area contributed by atoms with Gasteiger partial charge in [0.25, 0.3) is 0 Å². The number of aryl methyl sites for hydroxylation is 2. The molecule has 4 nitrogen and oxygen atoms in total. The predicted octanol–water partition coefficient (Wildman–Crippen LogP) is 3.16. The Bertz CT molecular complexity index is 651. The van der Waals surface area contributed by atoms with Gasteiger partial charge < -0.3 is 10.0 Å². The normalized spacial score (nSPS) is 14.2. The summed E-state index contributed by atoms with van der Waals surface area (Å²) >= 11 is 1.49. The minimum Gasteiger partial charge on any atom is -0.481 e.